The summed E-state index contributed by atoms with van der Waals surface area (Å²) in [5.41, 5.74) is 29.4. The van der Waals surface area contributed by atoms with Crippen molar-refractivity contribution < 1.29 is 48.3 Å². The minimum absolute atomic E-state index is 0.000284. The standard InChI is InChI=1S/C54H77N15O10/c1-33(2)28-40(47(55)74)65-48(75)39(17-10-25-62-54(58)59)64-46(73)32-69-27-11-26-60-44(71)22-23-45(72)63-38(16-9-24-61-53(56)57)49(76)66-42(30-36-18-20-37(70)21-19-36)50(77)67-41(29-34-12-5-3-6-13-34)51(78)68-43(52(69)79)31-35-14-7-4-8-15-35/h3-8,12-15,18-21,33,38-43,70H,9-11,16-17,22-32H2,1-2H3,(H2,55,74)(H,60,71)(H,63,72)(H,64,73)(H,65,75)(H,66,76)(H,67,77)(H,68,78)(H4,56,57,61)(H4,58,59,62)/t38-,39-,40-,41-,42-,43+/m0/s1. The van der Waals surface area contributed by atoms with Crippen molar-refractivity contribution in [2.75, 3.05) is 32.7 Å². The van der Waals surface area contributed by atoms with Crippen molar-refractivity contribution in [3.8, 4) is 5.75 Å². The van der Waals surface area contributed by atoms with E-state index in [-0.39, 0.29) is 120 Å². The lowest BCUT2D eigenvalue weighted by molar-refractivity contribution is -0.140. The highest BCUT2D eigenvalue weighted by molar-refractivity contribution is 5.97. The van der Waals surface area contributed by atoms with Crippen molar-refractivity contribution in [3.63, 3.8) is 0 Å². The number of carbonyl (C=O) groups excluding carboxylic acids is 9. The molecule has 18 N–H and O–H groups in total. The van der Waals surface area contributed by atoms with Gasteiger partial charge in [-0.1, -0.05) is 86.6 Å². The molecular formula is C54H77N15O10. The number of guanidine groups is 2. The molecule has 0 bridgehead atoms. The number of phenols is 1. The number of nitrogens with two attached hydrogens (primary N) is 5. The van der Waals surface area contributed by atoms with Gasteiger partial charge in [0.1, 0.15) is 42.0 Å². The molecule has 79 heavy (non-hydrogen) atoms. The van der Waals surface area contributed by atoms with E-state index in [0.29, 0.717) is 16.7 Å². The molecule has 428 valence electrons. The van der Waals surface area contributed by atoms with Gasteiger partial charge in [0.15, 0.2) is 11.9 Å². The van der Waals surface area contributed by atoms with Crippen molar-refractivity contribution in [2.45, 2.75) is 121 Å². The van der Waals surface area contributed by atoms with Gasteiger partial charge in [0.25, 0.3) is 0 Å². The first-order valence-electron chi connectivity index (χ1n) is 26.3. The summed E-state index contributed by atoms with van der Waals surface area (Å²) in [7, 11) is 0. The molecule has 0 radical (unpaired) electrons. The molecule has 25 heteroatoms. The number of aromatic hydroxyl groups is 1. The smallest absolute Gasteiger partial charge is 0.245 e. The Bertz CT molecular complexity index is 2580. The Hall–Kier alpha value is -8.77. The molecule has 1 heterocycles. The lowest BCUT2D eigenvalue weighted by Crippen LogP contribution is -2.60. The van der Waals surface area contributed by atoms with E-state index in [4.69, 9.17) is 28.7 Å². The van der Waals surface area contributed by atoms with Gasteiger partial charge in [-0.3, -0.25) is 53.1 Å². The van der Waals surface area contributed by atoms with E-state index >= 15 is 4.79 Å². The minimum Gasteiger partial charge on any atom is -0.508 e. The summed E-state index contributed by atoms with van der Waals surface area (Å²) in [6, 6.07) is 15.6. The summed E-state index contributed by atoms with van der Waals surface area (Å²) in [6.45, 7) is 3.01. The molecule has 1 aliphatic heterocycles. The number of phenolic OH excluding ortho intramolecular Hbond substituents is 1. The number of primary amides is 1. The van der Waals surface area contributed by atoms with E-state index < -0.39 is 96.0 Å². The molecule has 0 aliphatic carbocycles. The number of aliphatic imine (C=N–C) groups is 2. The van der Waals surface area contributed by atoms with E-state index in [0.717, 1.165) is 0 Å². The molecule has 3 aromatic carbocycles. The van der Waals surface area contributed by atoms with Crippen LogP contribution in [0, 0.1) is 5.92 Å². The van der Waals surface area contributed by atoms with Gasteiger partial charge >= 0.3 is 0 Å². The van der Waals surface area contributed by atoms with Crippen molar-refractivity contribution in [3.05, 3.63) is 102 Å². The lowest BCUT2D eigenvalue weighted by atomic mass is 10.00. The minimum atomic E-state index is -1.40. The van der Waals surface area contributed by atoms with Crippen molar-refractivity contribution in [2.24, 2.45) is 44.6 Å². The number of nitrogens with zero attached hydrogens (tertiary/aromatic N) is 3. The van der Waals surface area contributed by atoms with Crippen LogP contribution in [0.4, 0.5) is 0 Å². The number of hydrogen-bond donors (Lipinski definition) is 13. The van der Waals surface area contributed by atoms with Crippen molar-refractivity contribution in [1.82, 2.24) is 42.1 Å². The molecule has 25 nitrogen and oxygen atoms in total. The highest BCUT2D eigenvalue weighted by atomic mass is 16.3. The summed E-state index contributed by atoms with van der Waals surface area (Å²) in [5.74, 6) is -7.12. The van der Waals surface area contributed by atoms with Gasteiger partial charge in [-0.15, -0.1) is 0 Å². The molecule has 1 aliphatic rings. The molecule has 4 rings (SSSR count). The first-order chi connectivity index (χ1) is 37.7. The Balaban J connectivity index is 1.78. The fourth-order valence-corrected chi connectivity index (χ4v) is 8.52. The van der Waals surface area contributed by atoms with Crippen LogP contribution in [0.3, 0.4) is 0 Å². The number of carbonyl (C=O) groups is 9. The average Bonchev–Trinajstić information content (AvgIpc) is 3.42. The molecule has 0 aromatic heterocycles. The van der Waals surface area contributed by atoms with Crippen LogP contribution in [0.5, 0.6) is 5.75 Å². The molecule has 9 amide bonds. The molecule has 0 saturated carbocycles. The lowest BCUT2D eigenvalue weighted by Gasteiger charge is -2.30. The predicted molar refractivity (Wildman–Crippen MR) is 296 cm³/mol. The molecule has 3 aromatic rings. The van der Waals surface area contributed by atoms with E-state index in [1.54, 1.807) is 72.8 Å². The van der Waals surface area contributed by atoms with E-state index in [1.165, 1.54) is 17.0 Å². The van der Waals surface area contributed by atoms with Gasteiger partial charge in [-0.25, -0.2) is 0 Å². The number of hydrogen-bond acceptors (Lipinski definition) is 12. The van der Waals surface area contributed by atoms with E-state index in [2.05, 4.69) is 47.2 Å². The Labute approximate surface area is 459 Å². The van der Waals surface area contributed by atoms with Gasteiger partial charge in [0.05, 0.1) is 6.54 Å². The van der Waals surface area contributed by atoms with Crippen LogP contribution in [0.2, 0.25) is 0 Å². The largest absolute Gasteiger partial charge is 0.508 e. The van der Waals surface area contributed by atoms with Gasteiger partial charge < -0.3 is 75.9 Å². The van der Waals surface area contributed by atoms with Gasteiger partial charge in [0, 0.05) is 58.3 Å². The third kappa shape index (κ3) is 23.6. The Kier molecular flexibility index (Phi) is 26.0. The second kappa shape index (κ2) is 32.7. The van der Waals surface area contributed by atoms with Gasteiger partial charge in [0.2, 0.25) is 53.2 Å². The molecule has 0 unspecified atom stereocenters. The van der Waals surface area contributed by atoms with Crippen LogP contribution in [-0.2, 0) is 62.4 Å². The third-order valence-electron chi connectivity index (χ3n) is 12.5. The first-order valence-corrected chi connectivity index (χ1v) is 26.3. The fraction of sp³-hybridized carbons (Fsp3) is 0.463. The molecule has 1 fully saturated rings. The fourth-order valence-electron chi connectivity index (χ4n) is 8.52. The van der Waals surface area contributed by atoms with Crippen molar-refractivity contribution >= 4 is 65.1 Å². The maximum Gasteiger partial charge on any atom is 0.245 e. The van der Waals surface area contributed by atoms with E-state index in [9.17, 15) is 43.5 Å². The number of amides is 9. The van der Waals surface area contributed by atoms with Gasteiger partial charge in [-0.2, -0.15) is 0 Å². The van der Waals surface area contributed by atoms with Crippen LogP contribution < -0.4 is 65.9 Å². The Morgan fingerprint density at radius 3 is 1.68 bits per heavy atom. The Morgan fingerprint density at radius 2 is 1.14 bits per heavy atom. The Morgan fingerprint density at radius 1 is 0.633 bits per heavy atom. The summed E-state index contributed by atoms with van der Waals surface area (Å²) in [5, 5.41) is 29.1. The van der Waals surface area contributed by atoms with Gasteiger partial charge in [-0.05, 0) is 73.3 Å². The average molecular weight is 1100 g/mol. The highest BCUT2D eigenvalue weighted by Gasteiger charge is 2.35. The van der Waals surface area contributed by atoms with E-state index in [1.807, 2.05) is 13.8 Å². The number of rotatable bonds is 22. The maximum atomic E-state index is 15.1. The quantitative estimate of drug-likeness (QED) is 0.0297. The summed E-state index contributed by atoms with van der Waals surface area (Å²) in [4.78, 5) is 135. The van der Waals surface area contributed by atoms with Crippen LogP contribution >= 0.6 is 0 Å². The molecule has 1 saturated heterocycles. The van der Waals surface area contributed by atoms with Crippen LogP contribution in [-0.4, -0.2) is 144 Å². The number of nitrogens with one attached hydrogen (secondary N) is 7. The zero-order valence-electron chi connectivity index (χ0n) is 44.8. The second-order valence-corrected chi connectivity index (χ2v) is 19.6. The molecule has 0 spiro atoms. The molecular weight excluding hydrogens is 1020 g/mol. The number of benzene rings is 3. The maximum absolute atomic E-state index is 15.1. The van der Waals surface area contributed by atoms with Crippen LogP contribution in [0.1, 0.15) is 81.9 Å². The zero-order chi connectivity index (χ0) is 57.9. The topological polar surface area (TPSA) is 416 Å². The summed E-state index contributed by atoms with van der Waals surface area (Å²) < 4.78 is 0. The van der Waals surface area contributed by atoms with Crippen LogP contribution in [0.15, 0.2) is 94.9 Å². The molecule has 6 atom stereocenters. The predicted octanol–water partition coefficient (Wildman–Crippen LogP) is -1.90. The monoisotopic (exact) mass is 1100 g/mol. The first kappa shape index (κ1) is 62.8. The summed E-state index contributed by atoms with van der Waals surface area (Å²) in [6.07, 6.45) is -0.277. The third-order valence-corrected chi connectivity index (χ3v) is 12.5. The normalized spacial score (nSPS) is 18.9. The highest BCUT2D eigenvalue weighted by Crippen LogP contribution is 2.15. The second-order valence-electron chi connectivity index (χ2n) is 19.6. The van der Waals surface area contributed by atoms with Crippen LogP contribution in [0.25, 0.3) is 0 Å². The zero-order valence-corrected chi connectivity index (χ0v) is 44.8. The summed E-state index contributed by atoms with van der Waals surface area (Å²) >= 11 is 0. The van der Waals surface area contributed by atoms with Crippen molar-refractivity contribution in [1.29, 1.82) is 0 Å². The SMILES string of the molecule is CC(C)C[C@H](NC(=O)[C@H](CCCN=C(N)N)NC(=O)CN1CCCNC(=O)CCC(=O)N[C@@H](CCCN=C(N)N)C(=O)N[C@@H](Cc2ccc(O)cc2)C(=O)N[C@@H](Cc2ccccc2)C(=O)N[C@H](Cc2ccccc2)C1=O)C(N)=O.